The second kappa shape index (κ2) is 4.90. The summed E-state index contributed by atoms with van der Waals surface area (Å²) in [5.74, 6) is -0.912. The first kappa shape index (κ1) is 11.7. The number of carbonyl (C=O) groups is 1. The van der Waals surface area contributed by atoms with Crippen molar-refractivity contribution in [1.29, 1.82) is 0 Å². The standard InChI is InChI=1S/C9H10NO4S/c11-9(8-4-2-1-3-5-8)10-6-7-15(12,13)14/h1-4H,6-7H2,(H,10,11)(H,12,13,14). The van der Waals surface area contributed by atoms with Crippen molar-refractivity contribution in [1.82, 2.24) is 5.32 Å². The molecule has 1 radical (unpaired) electrons. The van der Waals surface area contributed by atoms with Crippen molar-refractivity contribution in [2.24, 2.45) is 0 Å². The molecular formula is C9H10NO4S. The third kappa shape index (κ3) is 4.57. The van der Waals surface area contributed by atoms with Crippen molar-refractivity contribution in [3.05, 3.63) is 35.9 Å². The first-order valence-corrected chi connectivity index (χ1v) is 5.80. The van der Waals surface area contributed by atoms with Gasteiger partial charge in [0.25, 0.3) is 16.0 Å². The molecule has 0 bridgehead atoms. The fraction of sp³-hybridized carbons (Fsp3) is 0.222. The predicted octanol–water partition coefficient (Wildman–Crippen LogP) is 0.104. The molecule has 1 rings (SSSR count). The van der Waals surface area contributed by atoms with Crippen LogP contribution < -0.4 is 5.32 Å². The van der Waals surface area contributed by atoms with Gasteiger partial charge in [0.15, 0.2) is 0 Å². The molecule has 15 heavy (non-hydrogen) atoms. The Hall–Kier alpha value is -1.40. The molecular weight excluding hydrogens is 218 g/mol. The van der Waals surface area contributed by atoms with E-state index < -0.39 is 21.8 Å². The number of hydrogen-bond acceptors (Lipinski definition) is 3. The first-order valence-electron chi connectivity index (χ1n) is 4.19. The molecule has 2 N–H and O–H groups in total. The van der Waals surface area contributed by atoms with Crippen LogP contribution in [0.4, 0.5) is 0 Å². The molecule has 0 heterocycles. The van der Waals surface area contributed by atoms with Gasteiger partial charge in [0, 0.05) is 12.1 Å². The maximum Gasteiger partial charge on any atom is 0.266 e. The zero-order valence-electron chi connectivity index (χ0n) is 7.80. The van der Waals surface area contributed by atoms with Gasteiger partial charge >= 0.3 is 0 Å². The molecule has 0 aliphatic carbocycles. The Bertz CT molecular complexity index is 427. The van der Waals surface area contributed by atoms with Crippen molar-refractivity contribution in [3.8, 4) is 0 Å². The monoisotopic (exact) mass is 228 g/mol. The molecule has 81 valence electrons. The van der Waals surface area contributed by atoms with E-state index in [4.69, 9.17) is 4.55 Å². The summed E-state index contributed by atoms with van der Waals surface area (Å²) in [6.45, 7) is -0.125. The number of nitrogens with one attached hydrogen (secondary N) is 1. The van der Waals surface area contributed by atoms with Crippen LogP contribution in [0.1, 0.15) is 10.4 Å². The van der Waals surface area contributed by atoms with E-state index in [1.165, 1.54) is 0 Å². The molecule has 6 heteroatoms. The molecule has 0 aliphatic rings. The van der Waals surface area contributed by atoms with Crippen LogP contribution >= 0.6 is 0 Å². The van der Waals surface area contributed by atoms with E-state index in [1.807, 2.05) is 0 Å². The Morgan fingerprint density at radius 3 is 2.73 bits per heavy atom. The van der Waals surface area contributed by atoms with E-state index in [0.717, 1.165) is 0 Å². The molecule has 0 fully saturated rings. The van der Waals surface area contributed by atoms with Crippen LogP contribution in [0.2, 0.25) is 0 Å². The second-order valence-corrected chi connectivity index (χ2v) is 4.39. The quantitative estimate of drug-likeness (QED) is 0.716. The van der Waals surface area contributed by atoms with E-state index in [1.54, 1.807) is 24.3 Å². The van der Waals surface area contributed by atoms with Gasteiger partial charge in [-0.15, -0.1) is 0 Å². The molecule has 0 aliphatic heterocycles. The van der Waals surface area contributed by atoms with Gasteiger partial charge in [-0.2, -0.15) is 8.42 Å². The Kier molecular flexibility index (Phi) is 3.81. The summed E-state index contributed by atoms with van der Waals surface area (Å²) in [6, 6.07) is 9.22. The molecule has 1 aromatic carbocycles. The van der Waals surface area contributed by atoms with Crippen molar-refractivity contribution < 1.29 is 17.8 Å². The van der Waals surface area contributed by atoms with Crippen LogP contribution in [-0.2, 0) is 10.1 Å². The number of amides is 1. The predicted molar refractivity (Wildman–Crippen MR) is 54.0 cm³/mol. The zero-order chi connectivity index (χ0) is 11.3. The summed E-state index contributed by atoms with van der Waals surface area (Å²) < 4.78 is 29.1. The molecule has 0 atom stereocenters. The van der Waals surface area contributed by atoms with E-state index in [2.05, 4.69) is 11.4 Å². The SMILES string of the molecule is O=C(NCCS(=O)(=O)O)c1[c]cccc1. The third-order valence-electron chi connectivity index (χ3n) is 1.60. The van der Waals surface area contributed by atoms with Gasteiger partial charge in [0.1, 0.15) is 0 Å². The van der Waals surface area contributed by atoms with E-state index in [-0.39, 0.29) is 6.54 Å². The molecule has 0 spiro atoms. The van der Waals surface area contributed by atoms with Crippen molar-refractivity contribution >= 4 is 16.0 Å². The fourth-order valence-corrected chi connectivity index (χ4v) is 1.28. The number of benzene rings is 1. The summed E-state index contributed by atoms with van der Waals surface area (Å²) in [5, 5.41) is 2.35. The van der Waals surface area contributed by atoms with Crippen LogP contribution in [0.25, 0.3) is 0 Å². The molecule has 0 saturated carbocycles. The molecule has 5 nitrogen and oxygen atoms in total. The molecule has 0 saturated heterocycles. The minimum absolute atomic E-state index is 0.125. The number of hydrogen-bond donors (Lipinski definition) is 2. The Morgan fingerprint density at radius 2 is 2.20 bits per heavy atom. The highest BCUT2D eigenvalue weighted by molar-refractivity contribution is 7.85. The summed E-state index contributed by atoms with van der Waals surface area (Å²) in [5.41, 5.74) is 0.327. The smallest absolute Gasteiger partial charge is 0.266 e. The van der Waals surface area contributed by atoms with E-state index >= 15 is 0 Å². The molecule has 1 aromatic rings. The zero-order valence-corrected chi connectivity index (χ0v) is 8.62. The van der Waals surface area contributed by atoms with Crippen LogP contribution in [-0.4, -0.2) is 31.2 Å². The van der Waals surface area contributed by atoms with Crippen molar-refractivity contribution in [3.63, 3.8) is 0 Å². The number of rotatable bonds is 4. The lowest BCUT2D eigenvalue weighted by molar-refractivity contribution is 0.0956. The largest absolute Gasteiger partial charge is 0.351 e. The maximum absolute atomic E-state index is 11.3. The van der Waals surface area contributed by atoms with E-state index in [0.29, 0.717) is 5.56 Å². The highest BCUT2D eigenvalue weighted by atomic mass is 32.2. The topological polar surface area (TPSA) is 83.5 Å². The minimum Gasteiger partial charge on any atom is -0.351 e. The normalized spacial score (nSPS) is 11.0. The van der Waals surface area contributed by atoms with Crippen molar-refractivity contribution in [2.75, 3.05) is 12.3 Å². The lowest BCUT2D eigenvalue weighted by Crippen LogP contribution is -2.28. The molecule has 1 amide bonds. The highest BCUT2D eigenvalue weighted by Crippen LogP contribution is 1.96. The van der Waals surface area contributed by atoms with Gasteiger partial charge in [0.05, 0.1) is 5.75 Å². The Balaban J connectivity index is 2.45. The van der Waals surface area contributed by atoms with Crippen molar-refractivity contribution in [2.45, 2.75) is 0 Å². The minimum atomic E-state index is -4.03. The Morgan fingerprint density at radius 1 is 1.47 bits per heavy atom. The van der Waals surface area contributed by atoms with Crippen LogP contribution in [0.5, 0.6) is 0 Å². The maximum atomic E-state index is 11.3. The highest BCUT2D eigenvalue weighted by Gasteiger charge is 2.07. The van der Waals surface area contributed by atoms with Gasteiger partial charge in [-0.1, -0.05) is 18.2 Å². The summed E-state index contributed by atoms with van der Waals surface area (Å²) in [7, 11) is -4.03. The summed E-state index contributed by atoms with van der Waals surface area (Å²) in [4.78, 5) is 11.3. The van der Waals surface area contributed by atoms with Gasteiger partial charge in [-0.3, -0.25) is 9.35 Å². The number of carbonyl (C=O) groups excluding carboxylic acids is 1. The molecule has 0 unspecified atom stereocenters. The third-order valence-corrected chi connectivity index (χ3v) is 2.32. The van der Waals surface area contributed by atoms with E-state index in [9.17, 15) is 13.2 Å². The lowest BCUT2D eigenvalue weighted by Gasteiger charge is -2.02. The van der Waals surface area contributed by atoms with Gasteiger partial charge < -0.3 is 5.32 Å². The first-order chi connectivity index (χ1) is 6.99. The van der Waals surface area contributed by atoms with Crippen LogP contribution in [0, 0.1) is 6.07 Å². The summed E-state index contributed by atoms with van der Waals surface area (Å²) >= 11 is 0. The average Bonchev–Trinajstić information content (AvgIpc) is 2.17. The Labute approximate surface area is 87.9 Å². The lowest BCUT2D eigenvalue weighted by atomic mass is 10.2. The summed E-state index contributed by atoms with van der Waals surface area (Å²) in [6.07, 6.45) is 0. The fourth-order valence-electron chi connectivity index (χ4n) is 0.923. The second-order valence-electron chi connectivity index (χ2n) is 2.82. The van der Waals surface area contributed by atoms with Gasteiger partial charge in [-0.25, -0.2) is 0 Å². The molecule has 0 aromatic heterocycles. The van der Waals surface area contributed by atoms with Crippen LogP contribution in [0.15, 0.2) is 24.3 Å². The average molecular weight is 228 g/mol. The van der Waals surface area contributed by atoms with Gasteiger partial charge in [-0.05, 0) is 12.1 Å². The van der Waals surface area contributed by atoms with Crippen LogP contribution in [0.3, 0.4) is 0 Å². The van der Waals surface area contributed by atoms with Gasteiger partial charge in [0.2, 0.25) is 0 Å².